The van der Waals surface area contributed by atoms with E-state index < -0.39 is 24.4 Å². The van der Waals surface area contributed by atoms with Crippen LogP contribution in [0.4, 0.5) is 18.9 Å². The number of nitrogens with zero attached hydrogens (tertiary/aromatic N) is 1. The Morgan fingerprint density at radius 1 is 1.17 bits per heavy atom. The van der Waals surface area contributed by atoms with Crippen LogP contribution in [0.2, 0.25) is 0 Å². The largest absolute Gasteiger partial charge is 0.484 e. The zero-order valence-corrected chi connectivity index (χ0v) is 13.2. The molecule has 1 aromatic carbocycles. The van der Waals surface area contributed by atoms with E-state index in [-0.39, 0.29) is 11.7 Å². The lowest BCUT2D eigenvalue weighted by atomic mass is 9.73. The molecule has 2 aliphatic rings. The Hall–Kier alpha value is -1.76. The summed E-state index contributed by atoms with van der Waals surface area (Å²) in [4.78, 5) is 14.2. The number of anilines is 1. The fourth-order valence-electron chi connectivity index (χ4n) is 3.72. The van der Waals surface area contributed by atoms with Gasteiger partial charge in [-0.3, -0.25) is 9.69 Å². The number of alkyl halides is 3. The van der Waals surface area contributed by atoms with Crippen LogP contribution in [-0.4, -0.2) is 30.0 Å². The Labute approximate surface area is 138 Å². The maximum Gasteiger partial charge on any atom is 0.422 e. The van der Waals surface area contributed by atoms with Crippen LogP contribution < -0.4 is 9.64 Å². The number of hydrogen-bond acceptors (Lipinski definition) is 3. The number of amides is 1. The van der Waals surface area contributed by atoms with Gasteiger partial charge in [-0.25, -0.2) is 0 Å². The molecule has 1 aliphatic carbocycles. The maximum atomic E-state index is 12.8. The first-order chi connectivity index (χ1) is 11.3. The third-order valence-corrected chi connectivity index (χ3v) is 4.87. The predicted molar refractivity (Wildman–Crippen MR) is 81.6 cm³/mol. The van der Waals surface area contributed by atoms with Crippen LogP contribution in [0.5, 0.6) is 5.75 Å². The van der Waals surface area contributed by atoms with Crippen molar-refractivity contribution in [3.63, 3.8) is 0 Å². The Kier molecular flexibility index (Phi) is 4.46. The zero-order chi connectivity index (χ0) is 17.4. The number of carbonyl (C=O) groups excluding carboxylic acids is 1. The first-order valence-corrected chi connectivity index (χ1v) is 8.12. The van der Waals surface area contributed by atoms with Crippen molar-refractivity contribution in [3.8, 4) is 5.75 Å². The van der Waals surface area contributed by atoms with E-state index in [2.05, 4.69) is 4.74 Å². The number of aliphatic hydroxyl groups is 1. The van der Waals surface area contributed by atoms with Gasteiger partial charge in [-0.2, -0.15) is 13.2 Å². The van der Waals surface area contributed by atoms with Crippen LogP contribution in [-0.2, 0) is 4.79 Å². The minimum atomic E-state index is -4.40. The smallest absolute Gasteiger partial charge is 0.422 e. The minimum absolute atomic E-state index is 0.0737. The second-order valence-electron chi connectivity index (χ2n) is 6.60. The van der Waals surface area contributed by atoms with E-state index in [1.54, 1.807) is 0 Å². The average Bonchev–Trinajstić information content (AvgIpc) is 2.76. The molecule has 1 unspecified atom stereocenters. The summed E-state index contributed by atoms with van der Waals surface area (Å²) in [6.45, 7) is -1.36. The quantitative estimate of drug-likeness (QED) is 0.912. The van der Waals surface area contributed by atoms with Gasteiger partial charge in [0.15, 0.2) is 6.61 Å². The van der Waals surface area contributed by atoms with E-state index in [4.69, 9.17) is 0 Å². The number of benzene rings is 1. The van der Waals surface area contributed by atoms with E-state index in [1.807, 2.05) is 0 Å². The molecule has 0 bridgehead atoms. The molecule has 1 saturated heterocycles. The van der Waals surface area contributed by atoms with Crippen molar-refractivity contribution in [2.45, 2.75) is 50.9 Å². The van der Waals surface area contributed by atoms with E-state index in [9.17, 15) is 23.1 Å². The maximum absolute atomic E-state index is 12.8. The predicted octanol–water partition coefficient (Wildman–Crippen LogP) is 3.63. The molecule has 0 radical (unpaired) electrons. The van der Waals surface area contributed by atoms with Gasteiger partial charge in [-0.05, 0) is 37.1 Å². The van der Waals surface area contributed by atoms with E-state index in [1.165, 1.54) is 29.2 Å². The Morgan fingerprint density at radius 2 is 1.79 bits per heavy atom. The lowest BCUT2D eigenvalue weighted by Crippen LogP contribution is -2.38. The van der Waals surface area contributed by atoms with Crippen LogP contribution in [0.25, 0.3) is 0 Å². The van der Waals surface area contributed by atoms with Crippen LogP contribution >= 0.6 is 0 Å². The summed E-state index contributed by atoms with van der Waals surface area (Å²) < 4.78 is 41.1. The molecular weight excluding hydrogens is 323 g/mol. The summed E-state index contributed by atoms with van der Waals surface area (Å²) in [6.07, 6.45) is -0.231. The SMILES string of the molecule is O=C1N(c2ccc(OCC(F)(F)F)cc2)C(O)CC12CCCCC2. The molecule has 1 heterocycles. The van der Waals surface area contributed by atoms with Crippen LogP contribution in [0.15, 0.2) is 24.3 Å². The number of hydrogen-bond donors (Lipinski definition) is 1. The normalized spacial score (nSPS) is 23.8. The summed E-state index contributed by atoms with van der Waals surface area (Å²) in [7, 11) is 0. The first kappa shape index (κ1) is 17.1. The Morgan fingerprint density at radius 3 is 2.38 bits per heavy atom. The molecule has 132 valence electrons. The number of carbonyl (C=O) groups is 1. The molecule has 1 aliphatic heterocycles. The second kappa shape index (κ2) is 6.27. The number of ether oxygens (including phenoxy) is 1. The molecule has 1 spiro atoms. The fraction of sp³-hybridized carbons (Fsp3) is 0.588. The standard InChI is InChI=1S/C17H20F3NO3/c18-17(19,20)11-24-13-6-4-12(5-7-13)21-14(22)10-16(15(21)23)8-2-1-3-9-16/h4-7,14,22H,1-3,8-11H2. The molecule has 1 aromatic rings. The summed E-state index contributed by atoms with van der Waals surface area (Å²) in [6, 6.07) is 5.78. The Bertz CT molecular complexity index is 594. The van der Waals surface area contributed by atoms with E-state index in [0.717, 1.165) is 32.1 Å². The summed E-state index contributed by atoms with van der Waals surface area (Å²) in [5.74, 6) is -0.0109. The first-order valence-electron chi connectivity index (χ1n) is 8.12. The highest BCUT2D eigenvalue weighted by Crippen LogP contribution is 2.48. The third-order valence-electron chi connectivity index (χ3n) is 4.87. The highest BCUT2D eigenvalue weighted by Gasteiger charge is 2.51. The number of halogens is 3. The lowest BCUT2D eigenvalue weighted by molar-refractivity contribution is -0.153. The summed E-state index contributed by atoms with van der Waals surface area (Å²) >= 11 is 0. The molecular formula is C17H20F3NO3. The van der Waals surface area contributed by atoms with Gasteiger partial charge in [-0.15, -0.1) is 0 Å². The lowest BCUT2D eigenvalue weighted by Gasteiger charge is -2.31. The Balaban J connectivity index is 1.73. The highest BCUT2D eigenvalue weighted by atomic mass is 19.4. The topological polar surface area (TPSA) is 49.8 Å². The summed E-state index contributed by atoms with van der Waals surface area (Å²) in [5, 5.41) is 10.3. The van der Waals surface area contributed by atoms with Gasteiger partial charge in [0.2, 0.25) is 5.91 Å². The zero-order valence-electron chi connectivity index (χ0n) is 13.2. The molecule has 7 heteroatoms. The van der Waals surface area contributed by atoms with Crippen molar-refractivity contribution < 1.29 is 27.8 Å². The van der Waals surface area contributed by atoms with Crippen LogP contribution in [0.1, 0.15) is 38.5 Å². The molecule has 1 N–H and O–H groups in total. The van der Waals surface area contributed by atoms with Crippen molar-refractivity contribution in [1.82, 2.24) is 0 Å². The molecule has 1 atom stereocenters. The fourth-order valence-corrected chi connectivity index (χ4v) is 3.72. The third kappa shape index (κ3) is 3.36. The van der Waals surface area contributed by atoms with E-state index in [0.29, 0.717) is 12.1 Å². The van der Waals surface area contributed by atoms with Crippen molar-refractivity contribution in [1.29, 1.82) is 0 Å². The van der Waals surface area contributed by atoms with Gasteiger partial charge in [-0.1, -0.05) is 19.3 Å². The van der Waals surface area contributed by atoms with Gasteiger partial charge in [0.1, 0.15) is 12.0 Å². The van der Waals surface area contributed by atoms with Gasteiger partial charge in [0.25, 0.3) is 0 Å². The monoisotopic (exact) mass is 343 g/mol. The summed E-state index contributed by atoms with van der Waals surface area (Å²) in [5.41, 5.74) is -0.00217. The van der Waals surface area contributed by atoms with Crippen molar-refractivity contribution in [3.05, 3.63) is 24.3 Å². The molecule has 1 amide bonds. The molecule has 2 fully saturated rings. The minimum Gasteiger partial charge on any atom is -0.484 e. The number of aliphatic hydroxyl groups excluding tert-OH is 1. The molecule has 4 nitrogen and oxygen atoms in total. The van der Waals surface area contributed by atoms with Gasteiger partial charge in [0.05, 0.1) is 5.41 Å². The molecule has 24 heavy (non-hydrogen) atoms. The van der Waals surface area contributed by atoms with E-state index >= 15 is 0 Å². The van der Waals surface area contributed by atoms with Crippen LogP contribution in [0, 0.1) is 5.41 Å². The van der Waals surface area contributed by atoms with Gasteiger partial charge in [0, 0.05) is 12.1 Å². The molecule has 0 aromatic heterocycles. The second-order valence-corrected chi connectivity index (χ2v) is 6.60. The average molecular weight is 343 g/mol. The number of rotatable bonds is 3. The van der Waals surface area contributed by atoms with Crippen molar-refractivity contribution in [2.24, 2.45) is 5.41 Å². The van der Waals surface area contributed by atoms with Crippen LogP contribution in [0.3, 0.4) is 0 Å². The molecule has 3 rings (SSSR count). The molecule has 1 saturated carbocycles. The van der Waals surface area contributed by atoms with Crippen molar-refractivity contribution >= 4 is 11.6 Å². The van der Waals surface area contributed by atoms with Crippen molar-refractivity contribution in [2.75, 3.05) is 11.5 Å². The highest BCUT2D eigenvalue weighted by molar-refractivity contribution is 6.00. The van der Waals surface area contributed by atoms with Gasteiger partial charge >= 0.3 is 6.18 Å². The van der Waals surface area contributed by atoms with Gasteiger partial charge < -0.3 is 9.84 Å².